The number of hydrogen-bond donors (Lipinski definition) is 7. The molecule has 7 N–H and O–H groups in total. The second-order valence-electron chi connectivity index (χ2n) is 15.8. The molecule has 13 nitrogen and oxygen atoms in total. The number of carbonyl (C=O) groups excluding carboxylic acids is 1. The van der Waals surface area contributed by atoms with E-state index in [1.807, 2.05) is 6.08 Å². The molecule has 0 spiro atoms. The van der Waals surface area contributed by atoms with E-state index in [9.17, 15) is 38.7 Å². The van der Waals surface area contributed by atoms with Gasteiger partial charge in [-0.25, -0.2) is 4.18 Å². The van der Waals surface area contributed by atoms with E-state index < -0.39 is 78.5 Å². The minimum absolute atomic E-state index is 0.237. The van der Waals surface area contributed by atoms with Gasteiger partial charge in [0, 0.05) is 0 Å². The standard InChI is InChI=1S/C43H81NO12S/c1-3-5-7-9-11-13-15-17-18-19-20-22-24-26-28-30-32-37(47)42(50)44-35(36(46)31-29-27-25-23-21-16-14-12-10-8-6-4-2)34-54-43-40(49)41(56-57(51,52)53)39(48)38(33-45)55-43/h17-18,29,31,35-41,43,45-49H,3-16,19-28,30,32-34H2,1-2H3,(H,44,50)(H,51,52,53)/b18-17-,31-29+. The second kappa shape index (κ2) is 34.3. The van der Waals surface area contributed by atoms with Gasteiger partial charge in [-0.3, -0.25) is 9.35 Å². The molecule has 1 aliphatic rings. The van der Waals surface area contributed by atoms with Gasteiger partial charge in [0.15, 0.2) is 6.29 Å². The molecule has 0 radical (unpaired) electrons. The van der Waals surface area contributed by atoms with Crippen LogP contribution in [0.3, 0.4) is 0 Å². The van der Waals surface area contributed by atoms with E-state index in [4.69, 9.17) is 14.0 Å². The van der Waals surface area contributed by atoms with Gasteiger partial charge >= 0.3 is 10.4 Å². The zero-order valence-electron chi connectivity index (χ0n) is 35.3. The van der Waals surface area contributed by atoms with Gasteiger partial charge in [0.2, 0.25) is 5.91 Å². The van der Waals surface area contributed by atoms with Gasteiger partial charge < -0.3 is 40.3 Å². The number of aliphatic hydroxyl groups is 5. The molecular weight excluding hydrogens is 755 g/mol. The number of carbonyl (C=O) groups is 1. The van der Waals surface area contributed by atoms with E-state index in [1.165, 1.54) is 89.5 Å². The van der Waals surface area contributed by atoms with E-state index in [0.29, 0.717) is 12.8 Å². The van der Waals surface area contributed by atoms with E-state index in [1.54, 1.807) is 0 Å². The van der Waals surface area contributed by atoms with Crippen molar-refractivity contribution in [2.24, 2.45) is 0 Å². The average molecular weight is 836 g/mol. The molecule has 0 aromatic carbocycles. The first-order valence-electron chi connectivity index (χ1n) is 22.3. The average Bonchev–Trinajstić information content (AvgIpc) is 3.18. The van der Waals surface area contributed by atoms with E-state index >= 15 is 0 Å². The molecule has 8 unspecified atom stereocenters. The monoisotopic (exact) mass is 836 g/mol. The van der Waals surface area contributed by atoms with Crippen molar-refractivity contribution < 1.29 is 57.0 Å². The number of allylic oxidation sites excluding steroid dienone is 3. The molecule has 14 heteroatoms. The molecule has 1 fully saturated rings. The molecule has 0 aliphatic carbocycles. The smallest absolute Gasteiger partial charge is 0.394 e. The maximum absolute atomic E-state index is 13.1. The zero-order chi connectivity index (χ0) is 42.2. The van der Waals surface area contributed by atoms with Gasteiger partial charge in [-0.1, -0.05) is 160 Å². The Kier molecular flexibility index (Phi) is 32.2. The third kappa shape index (κ3) is 27.1. The highest BCUT2D eigenvalue weighted by atomic mass is 32.3. The summed E-state index contributed by atoms with van der Waals surface area (Å²) in [7, 11) is -5.11. The van der Waals surface area contributed by atoms with Gasteiger partial charge in [-0.2, -0.15) is 8.42 Å². The van der Waals surface area contributed by atoms with Crippen LogP contribution in [-0.2, 0) is 28.9 Å². The van der Waals surface area contributed by atoms with Crippen LogP contribution >= 0.6 is 0 Å². The van der Waals surface area contributed by atoms with Gasteiger partial charge in [-0.05, 0) is 44.9 Å². The second-order valence-corrected chi connectivity index (χ2v) is 16.8. The topological polar surface area (TPSA) is 212 Å². The number of rotatable bonds is 37. The lowest BCUT2D eigenvalue weighted by Gasteiger charge is -2.41. The van der Waals surface area contributed by atoms with Crippen molar-refractivity contribution in [2.45, 2.75) is 230 Å². The van der Waals surface area contributed by atoms with Crippen molar-refractivity contribution >= 4 is 16.3 Å². The Morgan fingerprint density at radius 2 is 1.16 bits per heavy atom. The fourth-order valence-corrected chi connectivity index (χ4v) is 7.49. The Labute approximate surface area is 345 Å². The van der Waals surface area contributed by atoms with Crippen molar-refractivity contribution in [1.82, 2.24) is 5.32 Å². The number of aliphatic hydroxyl groups excluding tert-OH is 5. The van der Waals surface area contributed by atoms with Crippen LogP contribution in [-0.4, -0.2) is 107 Å². The Bertz CT molecular complexity index is 1140. The Hall–Kier alpha value is -1.46. The highest BCUT2D eigenvalue weighted by molar-refractivity contribution is 7.80. The van der Waals surface area contributed by atoms with Crippen LogP contribution in [0.2, 0.25) is 0 Å². The van der Waals surface area contributed by atoms with Crippen molar-refractivity contribution in [3.05, 3.63) is 24.3 Å². The van der Waals surface area contributed by atoms with Crippen molar-refractivity contribution in [3.8, 4) is 0 Å². The van der Waals surface area contributed by atoms with Crippen LogP contribution in [0, 0.1) is 0 Å². The molecule has 1 rings (SSSR count). The number of ether oxygens (including phenoxy) is 2. The van der Waals surface area contributed by atoms with Gasteiger partial charge in [-0.15, -0.1) is 0 Å². The summed E-state index contributed by atoms with van der Waals surface area (Å²) in [5.74, 6) is -0.708. The molecule has 1 saturated heterocycles. The van der Waals surface area contributed by atoms with Crippen molar-refractivity contribution in [2.75, 3.05) is 13.2 Å². The van der Waals surface area contributed by atoms with E-state index in [0.717, 1.165) is 64.2 Å². The van der Waals surface area contributed by atoms with E-state index in [-0.39, 0.29) is 6.42 Å². The third-order valence-corrected chi connectivity index (χ3v) is 11.0. The molecule has 1 aliphatic heterocycles. The first-order chi connectivity index (χ1) is 27.4. The number of nitrogens with one attached hydrogen (secondary N) is 1. The molecule has 57 heavy (non-hydrogen) atoms. The highest BCUT2D eigenvalue weighted by Gasteiger charge is 2.48. The maximum atomic E-state index is 13.1. The molecule has 0 saturated carbocycles. The molecule has 1 heterocycles. The molecule has 0 aromatic rings. The highest BCUT2D eigenvalue weighted by Crippen LogP contribution is 2.26. The molecule has 0 aromatic heterocycles. The first-order valence-corrected chi connectivity index (χ1v) is 23.7. The molecular formula is C43H81NO12S. The Balaban J connectivity index is 2.61. The van der Waals surface area contributed by atoms with Gasteiger partial charge in [0.25, 0.3) is 0 Å². The largest absolute Gasteiger partial charge is 0.397 e. The summed E-state index contributed by atoms with van der Waals surface area (Å²) in [5, 5.41) is 55.1. The first kappa shape index (κ1) is 53.6. The molecule has 336 valence electrons. The minimum Gasteiger partial charge on any atom is -0.394 e. The summed E-state index contributed by atoms with van der Waals surface area (Å²) >= 11 is 0. The van der Waals surface area contributed by atoms with Gasteiger partial charge in [0.1, 0.15) is 30.5 Å². The van der Waals surface area contributed by atoms with E-state index in [2.05, 4.69) is 35.5 Å². The lowest BCUT2D eigenvalue weighted by molar-refractivity contribution is -0.298. The quantitative estimate of drug-likeness (QED) is 0.0189. The number of hydrogen-bond acceptors (Lipinski definition) is 11. The predicted molar refractivity (Wildman–Crippen MR) is 224 cm³/mol. The van der Waals surface area contributed by atoms with Crippen molar-refractivity contribution in [1.29, 1.82) is 0 Å². The maximum Gasteiger partial charge on any atom is 0.397 e. The van der Waals surface area contributed by atoms with Crippen LogP contribution in [0.4, 0.5) is 0 Å². The zero-order valence-corrected chi connectivity index (χ0v) is 36.1. The summed E-state index contributed by atoms with van der Waals surface area (Å²) in [4.78, 5) is 13.1. The van der Waals surface area contributed by atoms with Crippen LogP contribution in [0.1, 0.15) is 181 Å². The lowest BCUT2D eigenvalue weighted by Crippen LogP contribution is -2.61. The fourth-order valence-electron chi connectivity index (χ4n) is 6.98. The lowest BCUT2D eigenvalue weighted by atomic mass is 9.99. The minimum atomic E-state index is -5.11. The molecule has 0 bridgehead atoms. The summed E-state index contributed by atoms with van der Waals surface area (Å²) in [6.45, 7) is 3.18. The van der Waals surface area contributed by atoms with Crippen LogP contribution in [0.25, 0.3) is 0 Å². The SMILES string of the molecule is CCCCCCCC/C=C\CCCCCCCCC(O)C(=O)NC(COC1OC(CO)C(O)C(OS(=O)(=O)O)C1O)C(O)/C=C/CCCCCCCCCCCC. The van der Waals surface area contributed by atoms with Crippen LogP contribution in [0.5, 0.6) is 0 Å². The summed E-state index contributed by atoms with van der Waals surface area (Å²) in [6.07, 6.45) is 25.5. The number of unbranched alkanes of at least 4 members (excludes halogenated alkanes) is 22. The predicted octanol–water partition coefficient (Wildman–Crippen LogP) is 7.13. The Morgan fingerprint density at radius 3 is 1.63 bits per heavy atom. The van der Waals surface area contributed by atoms with Crippen molar-refractivity contribution in [3.63, 3.8) is 0 Å². The molecule has 8 atom stereocenters. The number of amides is 1. The summed E-state index contributed by atoms with van der Waals surface area (Å²) < 4.78 is 47.4. The normalized spacial score (nSPS) is 22.0. The summed E-state index contributed by atoms with van der Waals surface area (Å²) in [5.41, 5.74) is 0. The van der Waals surface area contributed by atoms with Crippen LogP contribution < -0.4 is 5.32 Å². The Morgan fingerprint density at radius 1 is 0.702 bits per heavy atom. The van der Waals surface area contributed by atoms with Gasteiger partial charge in [0.05, 0.1) is 25.4 Å². The molecule has 1 amide bonds. The third-order valence-electron chi connectivity index (χ3n) is 10.6. The van der Waals surface area contributed by atoms with Crippen LogP contribution in [0.15, 0.2) is 24.3 Å². The summed E-state index contributed by atoms with van der Waals surface area (Å²) in [6, 6.07) is -1.12. The fraction of sp³-hybridized carbons (Fsp3) is 0.884.